The molecular formula is C13H12Cl2F2N2O4. The first-order valence-corrected chi connectivity index (χ1v) is 6.96. The van der Waals surface area contributed by atoms with Crippen LogP contribution >= 0.6 is 23.2 Å². The molecule has 0 saturated heterocycles. The molecule has 6 nitrogen and oxygen atoms in total. The number of carbonyl (C=O) groups is 3. The van der Waals surface area contributed by atoms with E-state index in [4.69, 9.17) is 28.3 Å². The van der Waals surface area contributed by atoms with Crippen LogP contribution in [0.4, 0.5) is 14.5 Å². The zero-order valence-corrected chi connectivity index (χ0v) is 13.2. The fourth-order valence-electron chi connectivity index (χ4n) is 1.57. The van der Waals surface area contributed by atoms with Crippen LogP contribution in [0.15, 0.2) is 18.2 Å². The van der Waals surface area contributed by atoms with Crippen LogP contribution in [0.2, 0.25) is 10.0 Å². The van der Waals surface area contributed by atoms with Gasteiger partial charge < -0.3 is 15.7 Å². The van der Waals surface area contributed by atoms with Crippen molar-refractivity contribution in [3.63, 3.8) is 0 Å². The van der Waals surface area contributed by atoms with Gasteiger partial charge in [-0.2, -0.15) is 8.78 Å². The average molecular weight is 369 g/mol. The minimum atomic E-state index is -4.40. The summed E-state index contributed by atoms with van der Waals surface area (Å²) >= 11 is 11.3. The molecule has 1 rings (SSSR count). The Morgan fingerprint density at radius 2 is 1.70 bits per heavy atom. The molecule has 0 radical (unpaired) electrons. The van der Waals surface area contributed by atoms with Crippen molar-refractivity contribution in [2.45, 2.75) is 25.3 Å². The average Bonchev–Trinajstić information content (AvgIpc) is 2.35. The molecule has 0 unspecified atom stereocenters. The van der Waals surface area contributed by atoms with Gasteiger partial charge in [-0.05, 0) is 25.1 Å². The van der Waals surface area contributed by atoms with Crippen LogP contribution in [-0.4, -0.2) is 34.9 Å². The van der Waals surface area contributed by atoms with Crippen molar-refractivity contribution >= 4 is 46.7 Å². The second-order valence-corrected chi connectivity index (χ2v) is 5.53. The Morgan fingerprint density at radius 1 is 1.17 bits per heavy atom. The molecule has 10 heteroatoms. The van der Waals surface area contributed by atoms with Gasteiger partial charge in [-0.15, -0.1) is 0 Å². The van der Waals surface area contributed by atoms with E-state index in [1.54, 1.807) is 5.32 Å². The van der Waals surface area contributed by atoms with E-state index < -0.39 is 36.2 Å². The Kier molecular flexibility index (Phi) is 6.28. The highest BCUT2D eigenvalue weighted by Gasteiger charge is 2.47. The third-order valence-electron chi connectivity index (χ3n) is 2.55. The Bertz CT molecular complexity index is 620. The lowest BCUT2D eigenvalue weighted by Crippen LogP contribution is -2.51. The number of benzene rings is 1. The number of amides is 2. The van der Waals surface area contributed by atoms with Gasteiger partial charge in [0, 0.05) is 21.8 Å². The van der Waals surface area contributed by atoms with Crippen molar-refractivity contribution in [2.75, 3.05) is 5.32 Å². The lowest BCUT2D eigenvalue weighted by molar-refractivity contribution is -0.156. The van der Waals surface area contributed by atoms with Crippen LogP contribution in [-0.2, 0) is 14.4 Å². The smallest absolute Gasteiger partial charge is 0.400 e. The van der Waals surface area contributed by atoms with Gasteiger partial charge in [0.15, 0.2) is 0 Å². The lowest BCUT2D eigenvalue weighted by atomic mass is 10.2. The lowest BCUT2D eigenvalue weighted by Gasteiger charge is -2.18. The summed E-state index contributed by atoms with van der Waals surface area (Å²) in [5.41, 5.74) is -0.112. The van der Waals surface area contributed by atoms with E-state index in [1.807, 2.05) is 5.32 Å². The fourth-order valence-corrected chi connectivity index (χ4v) is 2.09. The molecule has 2 amide bonds. The Labute approximate surface area is 139 Å². The predicted octanol–water partition coefficient (Wildman–Crippen LogP) is 2.55. The highest BCUT2D eigenvalue weighted by Crippen LogP contribution is 2.24. The van der Waals surface area contributed by atoms with Crippen molar-refractivity contribution in [2.24, 2.45) is 0 Å². The number of hydrogen-bond acceptors (Lipinski definition) is 3. The monoisotopic (exact) mass is 368 g/mol. The summed E-state index contributed by atoms with van der Waals surface area (Å²) in [6, 6.07) is 2.61. The molecule has 1 aromatic carbocycles. The third-order valence-corrected chi connectivity index (χ3v) is 2.99. The van der Waals surface area contributed by atoms with Gasteiger partial charge in [0.1, 0.15) is 0 Å². The molecule has 0 saturated carbocycles. The first kappa shape index (κ1) is 19.1. The highest BCUT2D eigenvalue weighted by atomic mass is 35.5. The van der Waals surface area contributed by atoms with Gasteiger partial charge in [0.25, 0.3) is 0 Å². The molecule has 0 aliphatic carbocycles. The minimum absolute atomic E-state index is 0.107. The zero-order valence-electron chi connectivity index (χ0n) is 11.7. The first-order chi connectivity index (χ1) is 10.5. The summed E-state index contributed by atoms with van der Waals surface area (Å²) < 4.78 is 27.5. The maximum atomic E-state index is 13.8. The second-order valence-electron chi connectivity index (χ2n) is 4.66. The number of aliphatic carboxylic acids is 1. The van der Waals surface area contributed by atoms with E-state index in [2.05, 4.69) is 0 Å². The normalized spacial score (nSPS) is 12.4. The number of hydrogen-bond donors (Lipinski definition) is 3. The standard InChI is InChI=1S/C13H12Cl2F2N2O4/c1-6(2-10(20)21)18-11(22)13(16,17)12(23)19-9-4-7(14)3-8(15)5-9/h3-6H,2H2,1H3,(H,18,22)(H,19,23)(H,20,21)/t6-/m0/s1. The number of carboxylic acids is 1. The Hall–Kier alpha value is -1.93. The van der Waals surface area contributed by atoms with Crippen molar-refractivity contribution < 1.29 is 28.3 Å². The molecule has 0 aromatic heterocycles. The van der Waals surface area contributed by atoms with Crippen molar-refractivity contribution in [3.05, 3.63) is 28.2 Å². The maximum Gasteiger partial charge on any atom is 0.400 e. The van der Waals surface area contributed by atoms with Crippen molar-refractivity contribution in [1.82, 2.24) is 5.32 Å². The molecule has 1 aromatic rings. The van der Waals surface area contributed by atoms with E-state index in [-0.39, 0.29) is 15.7 Å². The molecule has 126 valence electrons. The van der Waals surface area contributed by atoms with Crippen LogP contribution in [0.3, 0.4) is 0 Å². The maximum absolute atomic E-state index is 13.8. The summed E-state index contributed by atoms with van der Waals surface area (Å²) in [7, 11) is 0. The van der Waals surface area contributed by atoms with Crippen LogP contribution in [0.5, 0.6) is 0 Å². The van der Waals surface area contributed by atoms with Gasteiger partial charge in [0.2, 0.25) is 0 Å². The van der Waals surface area contributed by atoms with Gasteiger partial charge in [-0.3, -0.25) is 14.4 Å². The molecule has 0 spiro atoms. The summed E-state index contributed by atoms with van der Waals surface area (Å²) in [5, 5.41) is 12.3. The summed E-state index contributed by atoms with van der Waals surface area (Å²) in [6.45, 7) is 1.22. The van der Waals surface area contributed by atoms with Gasteiger partial charge in [-0.25, -0.2) is 0 Å². The molecule has 23 heavy (non-hydrogen) atoms. The number of rotatable bonds is 6. The van der Waals surface area contributed by atoms with Crippen LogP contribution in [0.1, 0.15) is 13.3 Å². The fraction of sp³-hybridized carbons (Fsp3) is 0.308. The van der Waals surface area contributed by atoms with Crippen LogP contribution in [0.25, 0.3) is 0 Å². The molecule has 0 bridgehead atoms. The van der Waals surface area contributed by atoms with Crippen LogP contribution in [0, 0.1) is 0 Å². The van der Waals surface area contributed by atoms with E-state index in [0.717, 1.165) is 0 Å². The largest absolute Gasteiger partial charge is 0.481 e. The molecule has 0 heterocycles. The predicted molar refractivity (Wildman–Crippen MR) is 79.9 cm³/mol. The van der Waals surface area contributed by atoms with E-state index >= 15 is 0 Å². The number of alkyl halides is 2. The van der Waals surface area contributed by atoms with Gasteiger partial charge >= 0.3 is 23.7 Å². The summed E-state index contributed by atoms with van der Waals surface area (Å²) in [5.74, 6) is -9.48. The third kappa shape index (κ3) is 5.65. The minimum Gasteiger partial charge on any atom is -0.481 e. The summed E-state index contributed by atoms with van der Waals surface area (Å²) in [6.07, 6.45) is -0.562. The number of nitrogens with one attached hydrogen (secondary N) is 2. The Balaban J connectivity index is 2.79. The summed E-state index contributed by atoms with van der Waals surface area (Å²) in [4.78, 5) is 33.5. The number of anilines is 1. The van der Waals surface area contributed by atoms with Crippen LogP contribution < -0.4 is 10.6 Å². The molecule has 0 fully saturated rings. The second kappa shape index (κ2) is 7.56. The molecule has 3 N–H and O–H groups in total. The quantitative estimate of drug-likeness (QED) is 0.672. The van der Waals surface area contributed by atoms with E-state index in [1.165, 1.54) is 25.1 Å². The number of carbonyl (C=O) groups excluding carboxylic acids is 2. The van der Waals surface area contributed by atoms with E-state index in [9.17, 15) is 23.2 Å². The molecule has 0 aliphatic heterocycles. The van der Waals surface area contributed by atoms with E-state index in [0.29, 0.717) is 0 Å². The molecular weight excluding hydrogens is 357 g/mol. The van der Waals surface area contributed by atoms with Crippen molar-refractivity contribution in [1.29, 1.82) is 0 Å². The molecule has 0 aliphatic rings. The Morgan fingerprint density at radius 3 is 2.17 bits per heavy atom. The first-order valence-electron chi connectivity index (χ1n) is 6.20. The van der Waals surface area contributed by atoms with Gasteiger partial charge in [0.05, 0.1) is 6.42 Å². The number of halogens is 4. The molecule has 1 atom stereocenters. The SMILES string of the molecule is C[C@@H](CC(=O)O)NC(=O)C(F)(F)C(=O)Nc1cc(Cl)cc(Cl)c1. The zero-order chi connectivity index (χ0) is 17.8. The van der Waals surface area contributed by atoms with Crippen molar-refractivity contribution in [3.8, 4) is 0 Å². The highest BCUT2D eigenvalue weighted by molar-refractivity contribution is 6.35. The topological polar surface area (TPSA) is 95.5 Å². The van der Waals surface area contributed by atoms with Gasteiger partial charge in [-0.1, -0.05) is 23.2 Å². The number of carboxylic acid groups (broad SMARTS) is 1.